The number of rotatable bonds is 4. The molecule has 0 heterocycles. The number of allylic oxidation sites excluding steroid dienone is 8. The van der Waals surface area contributed by atoms with Gasteiger partial charge in [-0.1, -0.05) is 130 Å². The van der Waals surface area contributed by atoms with Crippen LogP contribution in [-0.2, 0) is 5.41 Å². The van der Waals surface area contributed by atoms with Crippen LogP contribution in [0.5, 0.6) is 0 Å². The zero-order chi connectivity index (χ0) is 24.0. The van der Waals surface area contributed by atoms with Crippen LogP contribution < -0.4 is 0 Å². The van der Waals surface area contributed by atoms with Crippen molar-refractivity contribution in [2.24, 2.45) is 5.41 Å². The Morgan fingerprint density at radius 3 is 1.34 bits per heavy atom. The Bertz CT molecular complexity index is 1070. The lowest BCUT2D eigenvalue weighted by Crippen LogP contribution is -2.44. The minimum absolute atomic E-state index is 0.0769. The highest BCUT2D eigenvalue weighted by atomic mass is 14.6. The third-order valence-corrected chi connectivity index (χ3v) is 7.52. The van der Waals surface area contributed by atoms with Crippen LogP contribution in [0.15, 0.2) is 109 Å². The summed E-state index contributed by atoms with van der Waals surface area (Å²) in [6.45, 7) is 6.89. The molecule has 0 atom stereocenters. The minimum atomic E-state index is -0.450. The highest BCUT2D eigenvalue weighted by molar-refractivity contribution is 5.83. The largest absolute Gasteiger partial charge is 0.0758 e. The molecular weight excluding hydrogens is 420 g/mol. The van der Waals surface area contributed by atoms with Gasteiger partial charge in [-0.2, -0.15) is 0 Å². The van der Waals surface area contributed by atoms with E-state index >= 15 is 0 Å². The average Bonchev–Trinajstić information content (AvgIpc) is 3.51. The lowest BCUT2D eigenvalue weighted by Gasteiger charge is -2.48. The van der Waals surface area contributed by atoms with Crippen LogP contribution in [0.4, 0.5) is 0 Å². The maximum absolute atomic E-state index is 2.44. The van der Waals surface area contributed by atoms with Gasteiger partial charge in [-0.05, 0) is 47.6 Å². The van der Waals surface area contributed by atoms with E-state index in [2.05, 4.69) is 149 Å². The Morgan fingerprint density at radius 1 is 0.486 bits per heavy atom. The van der Waals surface area contributed by atoms with Crippen molar-refractivity contribution in [3.63, 3.8) is 0 Å². The Morgan fingerprint density at radius 2 is 0.914 bits per heavy atom. The average molecular weight is 451 g/mol. The fourth-order valence-electron chi connectivity index (χ4n) is 5.87. The van der Waals surface area contributed by atoms with E-state index in [4.69, 9.17) is 0 Å². The molecule has 35 heavy (non-hydrogen) atoms. The Balaban J connectivity index is 1.60. The van der Waals surface area contributed by atoms with Gasteiger partial charge in [0.1, 0.15) is 0 Å². The van der Waals surface area contributed by atoms with Gasteiger partial charge in [0.15, 0.2) is 0 Å². The van der Waals surface area contributed by atoms with Gasteiger partial charge in [-0.3, -0.25) is 0 Å². The molecule has 0 N–H and O–H groups in total. The van der Waals surface area contributed by atoms with E-state index in [-0.39, 0.29) is 5.41 Å². The van der Waals surface area contributed by atoms with Gasteiger partial charge >= 0.3 is 0 Å². The van der Waals surface area contributed by atoms with Crippen LogP contribution in [0.1, 0.15) is 31.9 Å². The van der Waals surface area contributed by atoms with Crippen molar-refractivity contribution in [2.75, 3.05) is 0 Å². The maximum atomic E-state index is 2.44. The summed E-state index contributed by atoms with van der Waals surface area (Å²) in [5.74, 6) is 9.33. The molecule has 0 aromatic heterocycles. The lowest BCUT2D eigenvalue weighted by molar-refractivity contribution is 0.458. The zero-order valence-electron chi connectivity index (χ0n) is 20.6. The van der Waals surface area contributed by atoms with Crippen molar-refractivity contribution >= 4 is 0 Å². The van der Waals surface area contributed by atoms with E-state index in [1.165, 1.54) is 52.6 Å². The molecule has 0 nitrogen and oxygen atoms in total. The first-order valence-corrected chi connectivity index (χ1v) is 12.5. The van der Waals surface area contributed by atoms with E-state index in [9.17, 15) is 0 Å². The summed E-state index contributed by atoms with van der Waals surface area (Å²) < 4.78 is 0. The lowest BCUT2D eigenvalue weighted by atomic mass is 9.53. The fourth-order valence-corrected chi connectivity index (χ4v) is 5.87. The third kappa shape index (κ3) is 3.64. The van der Waals surface area contributed by atoms with E-state index < -0.39 is 5.41 Å². The van der Waals surface area contributed by atoms with Crippen molar-refractivity contribution in [3.05, 3.63) is 181 Å². The molecule has 0 unspecified atom stereocenters. The Labute approximate surface area is 212 Å². The van der Waals surface area contributed by atoms with Crippen molar-refractivity contribution in [3.8, 4) is 0 Å². The van der Waals surface area contributed by atoms with Crippen molar-refractivity contribution in [2.45, 2.75) is 26.2 Å². The van der Waals surface area contributed by atoms with Crippen LogP contribution in [0.25, 0.3) is 0 Å². The van der Waals surface area contributed by atoms with Gasteiger partial charge in [0.2, 0.25) is 0 Å². The number of fused-ring (bicyclic) bond motifs is 3. The van der Waals surface area contributed by atoms with Gasteiger partial charge in [-0.25, -0.2) is 0 Å². The SMILES string of the molecule is CC(C)(C)[C]1[CH][CH][C](C([C]2[C]3C=CC=C[C]3[C]3C=CC=C[C]32)(c2ccccc2)c2ccccc2)[CH]1. The van der Waals surface area contributed by atoms with Crippen molar-refractivity contribution in [1.82, 2.24) is 0 Å². The summed E-state index contributed by atoms with van der Waals surface area (Å²) in [6, 6.07) is 22.1. The molecule has 0 amide bonds. The van der Waals surface area contributed by atoms with Crippen LogP contribution >= 0.6 is 0 Å². The zero-order valence-corrected chi connectivity index (χ0v) is 20.6. The molecule has 0 bridgehead atoms. The number of benzene rings is 2. The summed E-state index contributed by atoms with van der Waals surface area (Å²) in [6.07, 6.45) is 24.9. The molecule has 6 rings (SSSR count). The molecule has 4 aliphatic carbocycles. The monoisotopic (exact) mass is 450 g/mol. The Kier molecular flexibility index (Phi) is 5.75. The summed E-state index contributed by atoms with van der Waals surface area (Å²) in [5.41, 5.74) is 2.21. The van der Waals surface area contributed by atoms with Crippen molar-refractivity contribution < 1.29 is 0 Å². The standard InChI is InChI=1S/C35H30/c1-34(2,3)27-22-23-28(24-27)35(25-14-6-4-7-15-25,26-16-8-5-9-17-26)33-31-20-12-10-18-29(31)30-19-11-13-21-32(30)33/h4-24H,1-3H3. The molecule has 2 fully saturated rings. The minimum Gasteiger partial charge on any atom is -0.0758 e. The smallest absolute Gasteiger partial charge is 0.0351 e. The van der Waals surface area contributed by atoms with Crippen LogP contribution in [-0.4, -0.2) is 0 Å². The molecular formula is C35H30. The van der Waals surface area contributed by atoms with E-state index in [0.29, 0.717) is 0 Å². The highest BCUT2D eigenvalue weighted by Gasteiger charge is 2.62. The van der Waals surface area contributed by atoms with Gasteiger partial charge in [0.05, 0.1) is 0 Å². The second kappa shape index (κ2) is 8.81. The summed E-state index contributed by atoms with van der Waals surface area (Å²) in [7, 11) is 0. The fraction of sp³-hybridized carbons (Fsp3) is 0.143. The third-order valence-electron chi connectivity index (χ3n) is 7.52. The maximum Gasteiger partial charge on any atom is 0.0351 e. The van der Waals surface area contributed by atoms with Gasteiger partial charge < -0.3 is 0 Å². The van der Waals surface area contributed by atoms with Crippen LogP contribution in [0.2, 0.25) is 0 Å². The number of hydrogen-bond acceptors (Lipinski definition) is 0. The topological polar surface area (TPSA) is 0 Å². The Hall–Kier alpha value is -2.60. The van der Waals surface area contributed by atoms with E-state index in [1.54, 1.807) is 0 Å². The van der Waals surface area contributed by atoms with Crippen LogP contribution in [0, 0.1) is 66.1 Å². The van der Waals surface area contributed by atoms with Crippen LogP contribution in [0.3, 0.4) is 0 Å². The first kappa shape index (κ1) is 22.8. The molecule has 0 spiro atoms. The number of hydrogen-bond donors (Lipinski definition) is 0. The molecule has 0 aliphatic heterocycles. The van der Waals surface area contributed by atoms with Gasteiger partial charge in [-0.15, -0.1) is 0 Å². The molecule has 2 aromatic carbocycles. The predicted molar refractivity (Wildman–Crippen MR) is 145 cm³/mol. The van der Waals surface area contributed by atoms with Gasteiger partial charge in [0.25, 0.3) is 0 Å². The van der Waals surface area contributed by atoms with E-state index in [1.807, 2.05) is 0 Å². The molecule has 10 radical (unpaired) electrons. The second-order valence-corrected chi connectivity index (χ2v) is 10.6. The molecule has 0 heteroatoms. The molecule has 4 aliphatic rings. The molecule has 170 valence electrons. The normalized spacial score (nSPS) is 22.8. The highest BCUT2D eigenvalue weighted by Crippen LogP contribution is 2.68. The molecule has 2 saturated carbocycles. The summed E-state index contributed by atoms with van der Waals surface area (Å²) in [4.78, 5) is 0. The first-order valence-electron chi connectivity index (χ1n) is 12.5. The quantitative estimate of drug-likeness (QED) is 0.444. The first-order chi connectivity index (χ1) is 17.0. The second-order valence-electron chi connectivity index (χ2n) is 10.6. The van der Waals surface area contributed by atoms with Crippen molar-refractivity contribution in [1.29, 1.82) is 0 Å². The molecule has 2 aromatic rings. The van der Waals surface area contributed by atoms with E-state index in [0.717, 1.165) is 0 Å². The van der Waals surface area contributed by atoms with Gasteiger partial charge in [0, 0.05) is 35.0 Å². The summed E-state index contributed by atoms with van der Waals surface area (Å²) >= 11 is 0. The molecule has 0 saturated heterocycles. The summed E-state index contributed by atoms with van der Waals surface area (Å²) in [5, 5.41) is 0. The predicted octanol–water partition coefficient (Wildman–Crippen LogP) is 7.93.